The summed E-state index contributed by atoms with van der Waals surface area (Å²) in [4.78, 5) is 24.2. The van der Waals surface area contributed by atoms with Gasteiger partial charge >= 0.3 is 0 Å². The van der Waals surface area contributed by atoms with E-state index in [0.29, 0.717) is 0 Å². The van der Waals surface area contributed by atoms with Crippen molar-refractivity contribution in [2.45, 2.75) is 26.8 Å². The summed E-state index contributed by atoms with van der Waals surface area (Å²) < 4.78 is 2.06. The predicted octanol–water partition coefficient (Wildman–Crippen LogP) is 1.02. The molecule has 2 rings (SSSR count). The summed E-state index contributed by atoms with van der Waals surface area (Å²) in [6, 6.07) is 0. The Labute approximate surface area is 155 Å². The first kappa shape index (κ1) is 19.7. The molecular weight excluding hydrogens is 407 g/mol. The maximum absolute atomic E-state index is 11.4. The number of halogens is 1. The number of piperazine rings is 1. The molecule has 0 bridgehead atoms. The number of aromatic nitrogens is 2. The summed E-state index contributed by atoms with van der Waals surface area (Å²) in [5.74, 6) is 1.11. The van der Waals surface area contributed by atoms with E-state index in [2.05, 4.69) is 26.7 Å². The molecule has 0 aromatic carbocycles. The highest BCUT2D eigenvalue weighted by atomic mass is 127. The van der Waals surface area contributed by atoms with Gasteiger partial charge in [-0.05, 0) is 13.3 Å². The van der Waals surface area contributed by atoms with Crippen LogP contribution < -0.4 is 5.32 Å². The lowest BCUT2D eigenvalue weighted by molar-refractivity contribution is -0.130. The normalized spacial score (nSPS) is 15.3. The molecule has 0 spiro atoms. The van der Waals surface area contributed by atoms with Crippen molar-refractivity contribution in [1.82, 2.24) is 24.7 Å². The molecule has 1 amide bonds. The molecular formula is C15H27IN6O. The first-order chi connectivity index (χ1) is 10.7. The van der Waals surface area contributed by atoms with E-state index >= 15 is 0 Å². The molecule has 8 heteroatoms. The second kappa shape index (κ2) is 10.5. The van der Waals surface area contributed by atoms with Crippen LogP contribution in [0, 0.1) is 0 Å². The standard InChI is InChI=1S/C15H26N6O.HI/c1-3-17-15(18-5-4-7-19-8-6-16-13-19)21-11-9-20(10-12-21)14(2)22;/h6,8,13H,3-5,7,9-12H2,1-2H3,(H,17,18);1H. The summed E-state index contributed by atoms with van der Waals surface area (Å²) in [6.45, 7) is 9.50. The lowest BCUT2D eigenvalue weighted by Crippen LogP contribution is -2.53. The van der Waals surface area contributed by atoms with Gasteiger partial charge in [-0.3, -0.25) is 9.79 Å². The lowest BCUT2D eigenvalue weighted by atomic mass is 10.3. The Balaban J connectivity index is 0.00000264. The molecule has 1 aliphatic rings. The van der Waals surface area contributed by atoms with Crippen molar-refractivity contribution in [2.24, 2.45) is 4.99 Å². The van der Waals surface area contributed by atoms with E-state index in [1.807, 2.05) is 17.4 Å². The van der Waals surface area contributed by atoms with Gasteiger partial charge < -0.3 is 19.7 Å². The Morgan fingerprint density at radius 1 is 1.26 bits per heavy atom. The van der Waals surface area contributed by atoms with E-state index in [-0.39, 0.29) is 29.9 Å². The first-order valence-electron chi connectivity index (χ1n) is 7.95. The zero-order valence-corrected chi connectivity index (χ0v) is 16.3. The van der Waals surface area contributed by atoms with E-state index < -0.39 is 0 Å². The zero-order valence-electron chi connectivity index (χ0n) is 13.9. The Morgan fingerprint density at radius 2 is 1.96 bits per heavy atom. The fourth-order valence-corrected chi connectivity index (χ4v) is 2.52. The molecule has 1 aromatic heterocycles. The quantitative estimate of drug-likeness (QED) is 0.325. The lowest BCUT2D eigenvalue weighted by Gasteiger charge is -2.36. The van der Waals surface area contributed by atoms with E-state index in [1.165, 1.54) is 0 Å². The molecule has 1 N–H and O–H groups in total. The van der Waals surface area contributed by atoms with Crippen molar-refractivity contribution in [3.8, 4) is 0 Å². The Hall–Kier alpha value is -1.32. The number of amides is 1. The smallest absolute Gasteiger partial charge is 0.219 e. The summed E-state index contributed by atoms with van der Waals surface area (Å²) >= 11 is 0. The topological polar surface area (TPSA) is 65.8 Å². The maximum atomic E-state index is 11.4. The molecule has 0 saturated carbocycles. The zero-order chi connectivity index (χ0) is 15.8. The summed E-state index contributed by atoms with van der Waals surface area (Å²) in [5, 5.41) is 3.34. The van der Waals surface area contributed by atoms with Gasteiger partial charge in [0, 0.05) is 65.1 Å². The third-order valence-electron chi connectivity index (χ3n) is 3.75. The van der Waals surface area contributed by atoms with Gasteiger partial charge in [-0.1, -0.05) is 0 Å². The van der Waals surface area contributed by atoms with Gasteiger partial charge in [-0.2, -0.15) is 0 Å². The molecule has 1 aromatic rings. The summed E-state index contributed by atoms with van der Waals surface area (Å²) in [7, 11) is 0. The second-order valence-electron chi connectivity index (χ2n) is 5.38. The molecule has 23 heavy (non-hydrogen) atoms. The number of nitrogens with zero attached hydrogens (tertiary/aromatic N) is 5. The van der Waals surface area contributed by atoms with Crippen LogP contribution in [0.15, 0.2) is 23.7 Å². The molecule has 130 valence electrons. The maximum Gasteiger partial charge on any atom is 0.219 e. The Kier molecular flexibility index (Phi) is 8.97. The highest BCUT2D eigenvalue weighted by Gasteiger charge is 2.20. The van der Waals surface area contributed by atoms with Crippen LogP contribution in [-0.2, 0) is 11.3 Å². The Bertz CT molecular complexity index is 482. The number of carbonyl (C=O) groups is 1. The van der Waals surface area contributed by atoms with Gasteiger partial charge in [0.05, 0.1) is 6.33 Å². The summed E-state index contributed by atoms with van der Waals surface area (Å²) in [5.41, 5.74) is 0. The van der Waals surface area contributed by atoms with E-state index in [1.54, 1.807) is 13.1 Å². The number of aliphatic imine (C=N–C) groups is 1. The number of guanidine groups is 1. The number of nitrogens with one attached hydrogen (secondary N) is 1. The second-order valence-corrected chi connectivity index (χ2v) is 5.38. The average Bonchev–Trinajstić information content (AvgIpc) is 3.04. The van der Waals surface area contributed by atoms with Gasteiger partial charge in [0.2, 0.25) is 5.91 Å². The fraction of sp³-hybridized carbons (Fsp3) is 0.667. The summed E-state index contributed by atoms with van der Waals surface area (Å²) in [6.07, 6.45) is 6.58. The van der Waals surface area contributed by atoms with Crippen molar-refractivity contribution >= 4 is 35.8 Å². The molecule has 2 heterocycles. The van der Waals surface area contributed by atoms with Gasteiger partial charge in [-0.15, -0.1) is 24.0 Å². The number of aryl methyl sites for hydroxylation is 1. The minimum Gasteiger partial charge on any atom is -0.357 e. The van der Waals surface area contributed by atoms with Crippen LogP contribution in [0.2, 0.25) is 0 Å². The average molecular weight is 434 g/mol. The van der Waals surface area contributed by atoms with Crippen LogP contribution in [-0.4, -0.2) is 70.5 Å². The van der Waals surface area contributed by atoms with Gasteiger partial charge in [-0.25, -0.2) is 4.98 Å². The van der Waals surface area contributed by atoms with Crippen LogP contribution in [0.3, 0.4) is 0 Å². The van der Waals surface area contributed by atoms with Crippen LogP contribution in [0.1, 0.15) is 20.3 Å². The molecule has 1 aliphatic heterocycles. The van der Waals surface area contributed by atoms with Crippen LogP contribution in [0.4, 0.5) is 0 Å². The fourth-order valence-electron chi connectivity index (χ4n) is 2.52. The van der Waals surface area contributed by atoms with Crippen LogP contribution >= 0.6 is 24.0 Å². The number of carbonyl (C=O) groups excluding carboxylic acids is 1. The first-order valence-corrected chi connectivity index (χ1v) is 7.95. The van der Waals surface area contributed by atoms with Crippen molar-refractivity contribution < 1.29 is 4.79 Å². The molecule has 0 atom stereocenters. The highest BCUT2D eigenvalue weighted by molar-refractivity contribution is 14.0. The SMILES string of the molecule is CCNC(=NCCCn1ccnc1)N1CCN(C(C)=O)CC1.I. The molecule has 0 unspecified atom stereocenters. The third kappa shape index (κ3) is 6.36. The predicted molar refractivity (Wildman–Crippen MR) is 102 cm³/mol. The van der Waals surface area contributed by atoms with E-state index in [9.17, 15) is 4.79 Å². The molecule has 7 nitrogen and oxygen atoms in total. The van der Waals surface area contributed by atoms with Crippen molar-refractivity contribution in [3.63, 3.8) is 0 Å². The molecule has 1 fully saturated rings. The molecule has 1 saturated heterocycles. The number of rotatable bonds is 5. The van der Waals surface area contributed by atoms with Crippen molar-refractivity contribution in [3.05, 3.63) is 18.7 Å². The molecule has 0 aliphatic carbocycles. The monoisotopic (exact) mass is 434 g/mol. The van der Waals surface area contributed by atoms with Gasteiger partial charge in [0.1, 0.15) is 0 Å². The van der Waals surface area contributed by atoms with Gasteiger partial charge in [0.15, 0.2) is 5.96 Å². The number of hydrogen-bond donors (Lipinski definition) is 1. The van der Waals surface area contributed by atoms with E-state index in [4.69, 9.17) is 4.99 Å². The minimum absolute atomic E-state index is 0. The minimum atomic E-state index is 0. The van der Waals surface area contributed by atoms with E-state index in [0.717, 1.165) is 58.2 Å². The number of hydrogen-bond acceptors (Lipinski definition) is 3. The van der Waals surface area contributed by atoms with Crippen LogP contribution in [0.25, 0.3) is 0 Å². The number of imidazole rings is 1. The highest BCUT2D eigenvalue weighted by Crippen LogP contribution is 2.03. The molecule has 0 radical (unpaired) electrons. The van der Waals surface area contributed by atoms with Crippen molar-refractivity contribution in [1.29, 1.82) is 0 Å². The largest absolute Gasteiger partial charge is 0.357 e. The Morgan fingerprint density at radius 3 is 2.52 bits per heavy atom. The third-order valence-corrected chi connectivity index (χ3v) is 3.75. The van der Waals surface area contributed by atoms with Crippen molar-refractivity contribution in [2.75, 3.05) is 39.3 Å². The van der Waals surface area contributed by atoms with Gasteiger partial charge in [0.25, 0.3) is 0 Å². The van der Waals surface area contributed by atoms with Crippen LogP contribution in [0.5, 0.6) is 0 Å².